The second-order valence-corrected chi connectivity index (χ2v) is 7.63. The zero-order valence-corrected chi connectivity index (χ0v) is 16.8. The number of ether oxygens (including phenoxy) is 3. The number of rotatable bonds is 5. The molecular formula is C17H17N3O6S2. The third kappa shape index (κ3) is 3.23. The van der Waals surface area contributed by atoms with Crippen LogP contribution in [-0.2, 0) is 10.0 Å². The fraction of sp³-hybridized carbons (Fsp3) is 0.176. The normalized spacial score (nSPS) is 11.4. The molecule has 1 heterocycles. The van der Waals surface area contributed by atoms with E-state index in [1.807, 2.05) is 0 Å². The van der Waals surface area contributed by atoms with Crippen LogP contribution in [0.3, 0.4) is 0 Å². The molecule has 3 N–H and O–H groups in total. The summed E-state index contributed by atoms with van der Waals surface area (Å²) >= 11 is 5.33. The number of nitrogens with two attached hydrogens (primary N) is 1. The topological polar surface area (TPSA) is 126 Å². The summed E-state index contributed by atoms with van der Waals surface area (Å²) in [4.78, 5) is 16.0. The van der Waals surface area contributed by atoms with Crippen molar-refractivity contribution in [2.75, 3.05) is 21.3 Å². The van der Waals surface area contributed by atoms with Crippen molar-refractivity contribution in [3.05, 3.63) is 45.5 Å². The van der Waals surface area contributed by atoms with E-state index in [2.05, 4.69) is 4.98 Å². The second-order valence-electron chi connectivity index (χ2n) is 5.68. The maximum absolute atomic E-state index is 13.2. The van der Waals surface area contributed by atoms with Gasteiger partial charge < -0.3 is 19.2 Å². The predicted octanol–water partition coefficient (Wildman–Crippen LogP) is 1.72. The zero-order chi connectivity index (χ0) is 20.6. The Morgan fingerprint density at radius 1 is 1.07 bits per heavy atom. The lowest BCUT2D eigenvalue weighted by Gasteiger charge is -2.16. The third-order valence-electron chi connectivity index (χ3n) is 4.10. The van der Waals surface area contributed by atoms with Crippen LogP contribution >= 0.6 is 12.2 Å². The van der Waals surface area contributed by atoms with Crippen LogP contribution in [0.2, 0.25) is 0 Å². The first-order valence-electron chi connectivity index (χ1n) is 7.84. The molecule has 0 fully saturated rings. The molecule has 0 aliphatic heterocycles. The molecule has 28 heavy (non-hydrogen) atoms. The van der Waals surface area contributed by atoms with Gasteiger partial charge in [-0.3, -0.25) is 9.36 Å². The van der Waals surface area contributed by atoms with Crippen molar-refractivity contribution in [2.24, 2.45) is 5.14 Å². The Bertz CT molecular complexity index is 1290. The molecule has 3 rings (SSSR count). The summed E-state index contributed by atoms with van der Waals surface area (Å²) in [5.74, 6) is 0.848. The smallest absolute Gasteiger partial charge is 0.267 e. The molecule has 1 aromatic heterocycles. The van der Waals surface area contributed by atoms with Gasteiger partial charge in [0, 0.05) is 0 Å². The van der Waals surface area contributed by atoms with Gasteiger partial charge in [-0.2, -0.15) is 0 Å². The molecule has 0 radical (unpaired) electrons. The number of primary sulfonamides is 1. The minimum Gasteiger partial charge on any atom is -0.493 e. The molecule has 0 bridgehead atoms. The Labute approximate surface area is 165 Å². The Balaban J connectivity index is 2.42. The van der Waals surface area contributed by atoms with Crippen LogP contribution in [0.15, 0.2) is 40.0 Å². The third-order valence-corrected chi connectivity index (χ3v) is 5.30. The fourth-order valence-corrected chi connectivity index (χ4v) is 3.70. The lowest BCUT2D eigenvalue weighted by Crippen LogP contribution is -2.21. The first-order valence-corrected chi connectivity index (χ1v) is 9.79. The number of methoxy groups -OCH3 is 3. The molecule has 0 atom stereocenters. The van der Waals surface area contributed by atoms with Crippen LogP contribution in [0.1, 0.15) is 0 Å². The van der Waals surface area contributed by atoms with Gasteiger partial charge >= 0.3 is 0 Å². The summed E-state index contributed by atoms with van der Waals surface area (Å²) in [6.07, 6.45) is 0. The largest absolute Gasteiger partial charge is 0.493 e. The number of benzene rings is 2. The Morgan fingerprint density at radius 3 is 2.32 bits per heavy atom. The van der Waals surface area contributed by atoms with E-state index in [0.717, 1.165) is 4.57 Å². The summed E-state index contributed by atoms with van der Waals surface area (Å²) in [5.41, 5.74) is 0.0759. The van der Waals surface area contributed by atoms with Crippen molar-refractivity contribution < 1.29 is 22.6 Å². The summed E-state index contributed by atoms with van der Waals surface area (Å²) in [6.45, 7) is 0. The van der Waals surface area contributed by atoms with Crippen molar-refractivity contribution in [3.8, 4) is 22.9 Å². The molecule has 2 aromatic carbocycles. The van der Waals surface area contributed by atoms with Crippen LogP contribution in [0.4, 0.5) is 0 Å². The van der Waals surface area contributed by atoms with E-state index in [4.69, 9.17) is 31.6 Å². The number of aromatic amines is 1. The van der Waals surface area contributed by atoms with Gasteiger partial charge in [-0.25, -0.2) is 13.6 Å². The molecule has 11 heteroatoms. The SMILES string of the molecule is COc1cc2c(=O)n(-c3cccc(S(N)(=O)=O)c3)c(=S)[nH]c2c(OC)c1OC. The van der Waals surface area contributed by atoms with Gasteiger partial charge in [-0.1, -0.05) is 6.07 Å². The minimum atomic E-state index is -3.95. The van der Waals surface area contributed by atoms with Crippen LogP contribution in [0.5, 0.6) is 17.2 Å². The van der Waals surface area contributed by atoms with Gasteiger partial charge in [0.1, 0.15) is 5.52 Å². The summed E-state index contributed by atoms with van der Waals surface area (Å²) < 4.78 is 40.5. The van der Waals surface area contributed by atoms with E-state index >= 15 is 0 Å². The molecule has 0 aliphatic rings. The van der Waals surface area contributed by atoms with Gasteiger partial charge in [-0.05, 0) is 36.5 Å². The highest BCUT2D eigenvalue weighted by molar-refractivity contribution is 7.89. The van der Waals surface area contributed by atoms with Crippen molar-refractivity contribution in [1.82, 2.24) is 9.55 Å². The number of hydrogen-bond donors (Lipinski definition) is 2. The highest BCUT2D eigenvalue weighted by Gasteiger charge is 2.20. The first-order chi connectivity index (χ1) is 13.2. The molecule has 3 aromatic rings. The Hall–Kier alpha value is -2.89. The fourth-order valence-electron chi connectivity index (χ4n) is 2.86. The van der Waals surface area contributed by atoms with Gasteiger partial charge in [0.2, 0.25) is 15.8 Å². The van der Waals surface area contributed by atoms with Crippen LogP contribution in [0, 0.1) is 4.77 Å². The number of nitrogens with zero attached hydrogens (tertiary/aromatic N) is 1. The Morgan fingerprint density at radius 2 is 1.75 bits per heavy atom. The highest BCUT2D eigenvalue weighted by atomic mass is 32.2. The van der Waals surface area contributed by atoms with E-state index in [9.17, 15) is 13.2 Å². The molecule has 0 spiro atoms. The van der Waals surface area contributed by atoms with Crippen molar-refractivity contribution in [1.29, 1.82) is 0 Å². The van der Waals surface area contributed by atoms with Crippen LogP contribution < -0.4 is 24.9 Å². The monoisotopic (exact) mass is 423 g/mol. The van der Waals surface area contributed by atoms with Gasteiger partial charge in [0.05, 0.1) is 37.3 Å². The summed E-state index contributed by atoms with van der Waals surface area (Å²) in [5, 5.41) is 5.39. The standard InChI is InChI=1S/C17H17N3O6S2/c1-24-12-8-11-13(15(26-3)14(12)25-2)19-17(27)20(16(11)21)9-5-4-6-10(7-9)28(18,22)23/h4-8H,1-3H3,(H,19,27)(H2,18,22,23). The van der Waals surface area contributed by atoms with Gasteiger partial charge in [0.15, 0.2) is 16.3 Å². The maximum atomic E-state index is 13.2. The molecule has 0 aliphatic carbocycles. The molecule has 0 saturated heterocycles. The van der Waals surface area contributed by atoms with Crippen molar-refractivity contribution >= 4 is 33.1 Å². The van der Waals surface area contributed by atoms with Crippen LogP contribution in [-0.4, -0.2) is 39.3 Å². The summed E-state index contributed by atoms with van der Waals surface area (Å²) in [7, 11) is 0.356. The summed E-state index contributed by atoms with van der Waals surface area (Å²) in [6, 6.07) is 7.10. The number of H-pyrrole nitrogens is 1. The number of fused-ring (bicyclic) bond motifs is 1. The minimum absolute atomic E-state index is 0.0367. The van der Waals surface area contributed by atoms with Crippen molar-refractivity contribution in [3.63, 3.8) is 0 Å². The number of sulfonamides is 1. The molecule has 0 saturated carbocycles. The number of hydrogen-bond acceptors (Lipinski definition) is 7. The average Bonchev–Trinajstić information content (AvgIpc) is 2.66. The number of aromatic nitrogens is 2. The quantitative estimate of drug-likeness (QED) is 0.599. The Kier molecular flexibility index (Phi) is 5.15. The lowest BCUT2D eigenvalue weighted by molar-refractivity contribution is 0.326. The van der Waals surface area contributed by atoms with E-state index < -0.39 is 15.6 Å². The van der Waals surface area contributed by atoms with E-state index in [0.29, 0.717) is 17.0 Å². The van der Waals surface area contributed by atoms with E-state index in [1.165, 1.54) is 45.6 Å². The van der Waals surface area contributed by atoms with Crippen molar-refractivity contribution in [2.45, 2.75) is 4.90 Å². The number of nitrogens with one attached hydrogen (secondary N) is 1. The van der Waals surface area contributed by atoms with Gasteiger partial charge in [0.25, 0.3) is 5.56 Å². The van der Waals surface area contributed by atoms with E-state index in [1.54, 1.807) is 6.07 Å². The molecule has 9 nitrogen and oxygen atoms in total. The lowest BCUT2D eigenvalue weighted by atomic mass is 10.2. The zero-order valence-electron chi connectivity index (χ0n) is 15.2. The van der Waals surface area contributed by atoms with Gasteiger partial charge in [-0.15, -0.1) is 0 Å². The molecule has 148 valence electrons. The molecular weight excluding hydrogens is 406 g/mol. The predicted molar refractivity (Wildman–Crippen MR) is 106 cm³/mol. The average molecular weight is 423 g/mol. The van der Waals surface area contributed by atoms with Crippen LogP contribution in [0.25, 0.3) is 16.6 Å². The molecule has 0 unspecified atom stereocenters. The molecule has 0 amide bonds. The first kappa shape index (κ1) is 19.9. The second kappa shape index (κ2) is 7.26. The highest BCUT2D eigenvalue weighted by Crippen LogP contribution is 2.41. The maximum Gasteiger partial charge on any atom is 0.267 e. The van der Waals surface area contributed by atoms with E-state index in [-0.39, 0.29) is 26.5 Å².